The molecule has 0 aromatic heterocycles. The molecule has 2 N–H and O–H groups in total. The number of benzene rings is 1. The van der Waals surface area contributed by atoms with Crippen molar-refractivity contribution in [1.82, 2.24) is 0 Å². The molecule has 0 heterocycles. The Hall–Kier alpha value is -1.53. The molecule has 92 valence electrons. The topological polar surface area (TPSA) is 53.0 Å². The van der Waals surface area contributed by atoms with Gasteiger partial charge in [-0.2, -0.15) is 5.26 Å². The number of aryl methyl sites for hydroxylation is 1. The van der Waals surface area contributed by atoms with Crippen LogP contribution in [0.25, 0.3) is 0 Å². The van der Waals surface area contributed by atoms with E-state index in [1.807, 2.05) is 0 Å². The Kier molecular flexibility index (Phi) is 4.53. The van der Waals surface area contributed by atoms with Gasteiger partial charge in [0.1, 0.15) is 5.54 Å². The van der Waals surface area contributed by atoms with E-state index in [2.05, 4.69) is 49.1 Å². The van der Waals surface area contributed by atoms with E-state index in [4.69, 9.17) is 11.0 Å². The van der Waals surface area contributed by atoms with E-state index in [1.54, 1.807) is 6.92 Å². The molecule has 1 unspecified atom stereocenters. The van der Waals surface area contributed by atoms with Gasteiger partial charge in [-0.15, -0.1) is 0 Å². The fraction of sp³-hybridized carbons (Fsp3) is 0.500. The van der Waals surface area contributed by atoms with Gasteiger partial charge in [0, 0.05) is 18.8 Å². The first kappa shape index (κ1) is 13.5. The quantitative estimate of drug-likeness (QED) is 0.847. The van der Waals surface area contributed by atoms with Gasteiger partial charge in [-0.1, -0.05) is 17.7 Å². The van der Waals surface area contributed by atoms with E-state index in [-0.39, 0.29) is 0 Å². The monoisotopic (exact) mass is 231 g/mol. The summed E-state index contributed by atoms with van der Waals surface area (Å²) < 4.78 is 0. The Morgan fingerprint density at radius 2 is 1.94 bits per heavy atom. The summed E-state index contributed by atoms with van der Waals surface area (Å²) in [6, 6.07) is 10.6. The van der Waals surface area contributed by atoms with Gasteiger partial charge in [0.2, 0.25) is 0 Å². The lowest BCUT2D eigenvalue weighted by atomic mass is 10.0. The van der Waals surface area contributed by atoms with Crippen molar-refractivity contribution in [2.24, 2.45) is 5.73 Å². The first-order valence-corrected chi connectivity index (χ1v) is 6.00. The van der Waals surface area contributed by atoms with Gasteiger partial charge < -0.3 is 10.6 Å². The Balaban J connectivity index is 2.67. The highest BCUT2D eigenvalue weighted by Crippen LogP contribution is 2.16. The number of hydrogen-bond donors (Lipinski definition) is 1. The maximum Gasteiger partial charge on any atom is 0.103 e. The van der Waals surface area contributed by atoms with Crippen LogP contribution < -0.4 is 10.6 Å². The summed E-state index contributed by atoms with van der Waals surface area (Å²) in [6.45, 7) is 7.69. The molecule has 1 atom stereocenters. The van der Waals surface area contributed by atoms with Crippen LogP contribution in [-0.2, 0) is 0 Å². The van der Waals surface area contributed by atoms with E-state index in [0.717, 1.165) is 13.1 Å². The number of nitrogens with two attached hydrogens (primary N) is 1. The van der Waals surface area contributed by atoms with Crippen molar-refractivity contribution >= 4 is 5.69 Å². The Bertz CT molecular complexity index is 387. The molecule has 3 heteroatoms. The second kappa shape index (κ2) is 5.70. The molecule has 3 nitrogen and oxygen atoms in total. The highest BCUT2D eigenvalue weighted by atomic mass is 15.1. The minimum absolute atomic E-state index is 0.672. The van der Waals surface area contributed by atoms with Crippen molar-refractivity contribution in [1.29, 1.82) is 5.26 Å². The highest BCUT2D eigenvalue weighted by molar-refractivity contribution is 5.47. The zero-order valence-electron chi connectivity index (χ0n) is 10.9. The third-order valence-electron chi connectivity index (χ3n) is 2.94. The van der Waals surface area contributed by atoms with E-state index in [0.29, 0.717) is 6.42 Å². The normalized spacial score (nSPS) is 13.8. The maximum atomic E-state index is 8.89. The van der Waals surface area contributed by atoms with Gasteiger partial charge >= 0.3 is 0 Å². The van der Waals surface area contributed by atoms with Gasteiger partial charge in [0.05, 0.1) is 6.07 Å². The van der Waals surface area contributed by atoms with Crippen LogP contribution in [0.3, 0.4) is 0 Å². The molecular weight excluding hydrogens is 210 g/mol. The summed E-state index contributed by atoms with van der Waals surface area (Å²) in [5.74, 6) is 0. The first-order valence-electron chi connectivity index (χ1n) is 6.00. The van der Waals surface area contributed by atoms with Crippen LogP contribution >= 0.6 is 0 Å². The molecule has 1 rings (SSSR count). The van der Waals surface area contributed by atoms with Crippen molar-refractivity contribution in [3.63, 3.8) is 0 Å². The Morgan fingerprint density at radius 1 is 1.35 bits per heavy atom. The van der Waals surface area contributed by atoms with Crippen LogP contribution in [0.15, 0.2) is 24.3 Å². The standard InChI is InChI=1S/C14H21N3/c1-4-17(10-9-14(3,16)11-15)13-7-5-12(2)6-8-13/h5-8H,4,9-10,16H2,1-3H3. The average Bonchev–Trinajstić information content (AvgIpc) is 2.32. The molecule has 0 aliphatic rings. The smallest absolute Gasteiger partial charge is 0.103 e. The molecule has 0 saturated heterocycles. The zero-order valence-corrected chi connectivity index (χ0v) is 10.9. The molecule has 1 aromatic carbocycles. The first-order chi connectivity index (χ1) is 7.98. The van der Waals surface area contributed by atoms with Gasteiger partial charge in [-0.25, -0.2) is 0 Å². The number of nitrogens with zero attached hydrogens (tertiary/aromatic N) is 2. The Labute approximate surface area is 104 Å². The molecule has 0 saturated carbocycles. The number of nitriles is 1. The molecule has 0 fully saturated rings. The van der Waals surface area contributed by atoms with Gasteiger partial charge in [0.25, 0.3) is 0 Å². The molecule has 0 amide bonds. The molecule has 0 radical (unpaired) electrons. The molecule has 0 aliphatic carbocycles. The van der Waals surface area contributed by atoms with Crippen molar-refractivity contribution in [3.8, 4) is 6.07 Å². The lowest BCUT2D eigenvalue weighted by Gasteiger charge is -2.26. The van der Waals surface area contributed by atoms with E-state index in [9.17, 15) is 0 Å². The highest BCUT2D eigenvalue weighted by Gasteiger charge is 2.18. The van der Waals surface area contributed by atoms with Crippen molar-refractivity contribution in [2.75, 3.05) is 18.0 Å². The fourth-order valence-electron chi connectivity index (χ4n) is 1.65. The Morgan fingerprint density at radius 3 is 2.41 bits per heavy atom. The minimum Gasteiger partial charge on any atom is -0.372 e. The summed E-state index contributed by atoms with van der Waals surface area (Å²) in [4.78, 5) is 2.24. The SMILES string of the molecule is CCN(CCC(C)(N)C#N)c1ccc(C)cc1. The third kappa shape index (κ3) is 4.08. The van der Waals surface area contributed by atoms with E-state index in [1.165, 1.54) is 11.3 Å². The zero-order chi connectivity index (χ0) is 12.9. The lowest BCUT2D eigenvalue weighted by molar-refractivity contribution is 0.540. The van der Waals surface area contributed by atoms with Crippen LogP contribution in [0, 0.1) is 18.3 Å². The second-order valence-corrected chi connectivity index (χ2v) is 4.69. The predicted molar refractivity (Wildman–Crippen MR) is 71.9 cm³/mol. The third-order valence-corrected chi connectivity index (χ3v) is 2.94. The van der Waals surface area contributed by atoms with Gasteiger partial charge in [-0.05, 0) is 39.3 Å². The van der Waals surface area contributed by atoms with Gasteiger partial charge in [-0.3, -0.25) is 0 Å². The molecule has 0 aliphatic heterocycles. The maximum absolute atomic E-state index is 8.89. The van der Waals surface area contributed by atoms with Crippen molar-refractivity contribution in [3.05, 3.63) is 29.8 Å². The largest absolute Gasteiger partial charge is 0.372 e. The number of anilines is 1. The average molecular weight is 231 g/mol. The van der Waals surface area contributed by atoms with Crippen LogP contribution in [0.1, 0.15) is 25.8 Å². The molecule has 0 spiro atoms. The van der Waals surface area contributed by atoms with E-state index < -0.39 is 5.54 Å². The van der Waals surface area contributed by atoms with Crippen molar-refractivity contribution < 1.29 is 0 Å². The van der Waals surface area contributed by atoms with Crippen molar-refractivity contribution in [2.45, 2.75) is 32.7 Å². The summed E-state index contributed by atoms with van der Waals surface area (Å²) in [7, 11) is 0. The minimum atomic E-state index is -0.738. The summed E-state index contributed by atoms with van der Waals surface area (Å²) in [6.07, 6.45) is 0.672. The second-order valence-electron chi connectivity index (χ2n) is 4.69. The molecule has 0 bridgehead atoms. The van der Waals surface area contributed by atoms with Crippen LogP contribution in [0.2, 0.25) is 0 Å². The fourth-order valence-corrected chi connectivity index (χ4v) is 1.65. The summed E-state index contributed by atoms with van der Waals surface area (Å²) in [5.41, 5.74) is 7.54. The summed E-state index contributed by atoms with van der Waals surface area (Å²) >= 11 is 0. The number of hydrogen-bond acceptors (Lipinski definition) is 3. The van der Waals surface area contributed by atoms with Crippen LogP contribution in [0.5, 0.6) is 0 Å². The molecule has 17 heavy (non-hydrogen) atoms. The molecule has 1 aromatic rings. The van der Waals surface area contributed by atoms with E-state index >= 15 is 0 Å². The van der Waals surface area contributed by atoms with Crippen LogP contribution in [-0.4, -0.2) is 18.6 Å². The predicted octanol–water partition coefficient (Wildman–Crippen LogP) is 2.45. The molecular formula is C14H21N3. The summed E-state index contributed by atoms with van der Waals surface area (Å²) in [5, 5.41) is 8.89. The van der Waals surface area contributed by atoms with Crippen LogP contribution in [0.4, 0.5) is 5.69 Å². The lowest BCUT2D eigenvalue weighted by Crippen LogP contribution is -2.39. The van der Waals surface area contributed by atoms with Gasteiger partial charge in [0.15, 0.2) is 0 Å². The number of rotatable bonds is 5.